The molecule has 2 N–H and O–H groups in total. The van der Waals surface area contributed by atoms with Crippen LogP contribution in [0.15, 0.2) is 60.9 Å². The maximum absolute atomic E-state index is 12.3. The minimum atomic E-state index is -0.399. The van der Waals surface area contributed by atoms with Crippen LogP contribution in [0.2, 0.25) is 0 Å². The molecule has 0 radical (unpaired) electrons. The van der Waals surface area contributed by atoms with Crippen molar-refractivity contribution in [3.63, 3.8) is 0 Å². The molecular weight excluding hydrogens is 368 g/mol. The number of rotatable bonds is 3. The van der Waals surface area contributed by atoms with E-state index in [9.17, 15) is 9.59 Å². The maximum atomic E-state index is 12.3. The summed E-state index contributed by atoms with van der Waals surface area (Å²) in [6.07, 6.45) is 3.03. The Morgan fingerprint density at radius 2 is 1.62 bits per heavy atom. The average Bonchev–Trinajstić information content (AvgIpc) is 3.33. The van der Waals surface area contributed by atoms with E-state index >= 15 is 0 Å². The second-order valence-corrected chi connectivity index (χ2v) is 7.41. The van der Waals surface area contributed by atoms with Crippen LogP contribution < -0.4 is 10.9 Å². The molecule has 26 heavy (non-hydrogen) atoms. The smallest absolute Gasteiger partial charge is 0.267 e. The van der Waals surface area contributed by atoms with Crippen molar-refractivity contribution in [2.24, 2.45) is 0 Å². The summed E-state index contributed by atoms with van der Waals surface area (Å²) in [5.74, 6) is -0.770. The lowest BCUT2D eigenvalue weighted by Crippen LogP contribution is -2.41. The molecule has 0 aliphatic rings. The topological polar surface area (TPSA) is 84.0 Å². The zero-order chi connectivity index (χ0) is 17.9. The Bertz CT molecular complexity index is 1060. The zero-order valence-electron chi connectivity index (χ0n) is 13.3. The van der Waals surface area contributed by atoms with Crippen LogP contribution >= 0.6 is 22.7 Å². The quantitative estimate of drug-likeness (QED) is 0.533. The van der Waals surface area contributed by atoms with Gasteiger partial charge >= 0.3 is 0 Å². The van der Waals surface area contributed by atoms with E-state index in [4.69, 9.17) is 0 Å². The monoisotopic (exact) mass is 380 g/mol. The number of carbonyl (C=O) groups is 2. The molecule has 0 bridgehead atoms. The van der Waals surface area contributed by atoms with E-state index in [1.165, 1.54) is 23.7 Å². The number of thiazole rings is 1. The van der Waals surface area contributed by atoms with Crippen molar-refractivity contribution in [1.82, 2.24) is 20.8 Å². The lowest BCUT2D eigenvalue weighted by Gasteiger charge is -2.05. The van der Waals surface area contributed by atoms with E-state index in [1.54, 1.807) is 29.5 Å². The molecule has 3 aromatic heterocycles. The number of hydrogen-bond donors (Lipinski definition) is 2. The Kier molecular flexibility index (Phi) is 4.42. The highest BCUT2D eigenvalue weighted by Crippen LogP contribution is 2.34. The largest absolute Gasteiger partial charge is 0.279 e. The number of hydrogen-bond acceptors (Lipinski definition) is 6. The molecule has 0 saturated heterocycles. The Morgan fingerprint density at radius 1 is 0.846 bits per heavy atom. The van der Waals surface area contributed by atoms with Gasteiger partial charge < -0.3 is 0 Å². The first-order chi connectivity index (χ1) is 12.7. The van der Waals surface area contributed by atoms with Crippen molar-refractivity contribution in [2.45, 2.75) is 0 Å². The number of hydrazine groups is 1. The van der Waals surface area contributed by atoms with Gasteiger partial charge in [0.15, 0.2) is 0 Å². The first kappa shape index (κ1) is 16.4. The Balaban J connectivity index is 1.45. The van der Waals surface area contributed by atoms with E-state index in [-0.39, 0.29) is 5.91 Å². The molecule has 4 aromatic rings. The highest BCUT2D eigenvalue weighted by molar-refractivity contribution is 7.26. The molecule has 4 rings (SSSR count). The van der Waals surface area contributed by atoms with Gasteiger partial charge in [-0.2, -0.15) is 0 Å². The normalized spacial score (nSPS) is 10.6. The Morgan fingerprint density at radius 3 is 2.42 bits per heavy atom. The van der Waals surface area contributed by atoms with Crippen molar-refractivity contribution >= 4 is 44.7 Å². The molecule has 128 valence electrons. The van der Waals surface area contributed by atoms with Crippen molar-refractivity contribution in [3.8, 4) is 9.88 Å². The Hall–Kier alpha value is -3.10. The number of fused-ring (bicyclic) bond motifs is 1. The predicted molar refractivity (Wildman–Crippen MR) is 102 cm³/mol. The summed E-state index contributed by atoms with van der Waals surface area (Å²) in [7, 11) is 0. The first-order valence-electron chi connectivity index (χ1n) is 7.67. The number of pyridine rings is 1. The second-order valence-electron chi connectivity index (χ2n) is 5.29. The first-order valence-corrected chi connectivity index (χ1v) is 9.30. The maximum Gasteiger partial charge on any atom is 0.279 e. The highest BCUT2D eigenvalue weighted by Gasteiger charge is 2.14. The van der Waals surface area contributed by atoms with Crippen molar-refractivity contribution in [3.05, 3.63) is 71.4 Å². The number of carbonyl (C=O) groups excluding carboxylic acids is 2. The van der Waals surface area contributed by atoms with E-state index in [1.807, 2.05) is 30.3 Å². The highest BCUT2D eigenvalue weighted by atomic mass is 32.1. The number of nitrogens with one attached hydrogen (secondary N) is 2. The van der Waals surface area contributed by atoms with Gasteiger partial charge in [-0.1, -0.05) is 12.1 Å². The van der Waals surface area contributed by atoms with Crippen LogP contribution in [0.1, 0.15) is 20.0 Å². The van der Waals surface area contributed by atoms with Gasteiger partial charge in [-0.05, 0) is 36.4 Å². The minimum absolute atomic E-state index is 0.371. The SMILES string of the molecule is O=C(NNC(=O)c1ccc(-c2nc3ccccc3s2)s1)c1ccncc1. The summed E-state index contributed by atoms with van der Waals surface area (Å²) >= 11 is 2.91. The standard InChI is InChI=1S/C18H12N4O2S2/c23-16(11-7-9-19-10-8-11)21-22-17(24)14-5-6-15(25-14)18-20-12-3-1-2-4-13(12)26-18/h1-10H,(H,21,23)(H,22,24). The van der Waals surface area contributed by atoms with E-state index in [2.05, 4.69) is 20.8 Å². The molecule has 8 heteroatoms. The molecule has 0 atom stereocenters. The molecule has 3 heterocycles. The molecule has 6 nitrogen and oxygen atoms in total. The number of para-hydroxylation sites is 1. The number of thiophene rings is 1. The summed E-state index contributed by atoms with van der Waals surface area (Å²) in [4.78, 5) is 34.0. The molecule has 0 fully saturated rings. The van der Waals surface area contributed by atoms with Crippen LogP contribution in [0.25, 0.3) is 20.1 Å². The van der Waals surface area contributed by atoms with Crippen molar-refractivity contribution < 1.29 is 9.59 Å². The van der Waals surface area contributed by atoms with Crippen LogP contribution in [0, 0.1) is 0 Å². The summed E-state index contributed by atoms with van der Waals surface area (Å²) in [5, 5.41) is 0.871. The van der Waals surface area contributed by atoms with Crippen LogP contribution in [-0.4, -0.2) is 21.8 Å². The molecule has 0 aliphatic heterocycles. The van der Waals surface area contributed by atoms with Gasteiger partial charge in [0, 0.05) is 18.0 Å². The zero-order valence-corrected chi connectivity index (χ0v) is 14.9. The van der Waals surface area contributed by atoms with E-state index in [0.29, 0.717) is 10.4 Å². The number of nitrogens with zero attached hydrogens (tertiary/aromatic N) is 2. The summed E-state index contributed by atoms with van der Waals surface area (Å²) in [6, 6.07) is 14.6. The lowest BCUT2D eigenvalue weighted by molar-refractivity contribution is 0.0849. The van der Waals surface area contributed by atoms with Crippen LogP contribution in [-0.2, 0) is 0 Å². The third-order valence-corrected chi connectivity index (χ3v) is 5.86. The summed E-state index contributed by atoms with van der Waals surface area (Å²) in [5.41, 5.74) is 6.18. The predicted octanol–water partition coefficient (Wildman–Crippen LogP) is 3.49. The van der Waals surface area contributed by atoms with E-state index in [0.717, 1.165) is 20.1 Å². The molecule has 0 unspecified atom stereocenters. The van der Waals surface area contributed by atoms with Gasteiger partial charge in [-0.25, -0.2) is 4.98 Å². The number of amides is 2. The molecule has 1 aromatic carbocycles. The molecule has 2 amide bonds. The fourth-order valence-corrected chi connectivity index (χ4v) is 4.22. The van der Waals surface area contributed by atoms with Gasteiger partial charge in [0.2, 0.25) is 0 Å². The fraction of sp³-hybridized carbons (Fsp3) is 0. The number of benzene rings is 1. The van der Waals surface area contributed by atoms with Crippen molar-refractivity contribution in [1.29, 1.82) is 0 Å². The summed E-state index contributed by atoms with van der Waals surface area (Å²) in [6.45, 7) is 0. The van der Waals surface area contributed by atoms with Crippen molar-refractivity contribution in [2.75, 3.05) is 0 Å². The van der Waals surface area contributed by atoms with Crippen LogP contribution in [0.3, 0.4) is 0 Å². The fourth-order valence-electron chi connectivity index (χ4n) is 2.30. The molecule has 0 spiro atoms. The minimum Gasteiger partial charge on any atom is -0.267 e. The third kappa shape index (κ3) is 3.32. The van der Waals surface area contributed by atoms with Crippen LogP contribution in [0.5, 0.6) is 0 Å². The molecule has 0 saturated carbocycles. The summed E-state index contributed by atoms with van der Waals surface area (Å²) < 4.78 is 1.10. The van der Waals surface area contributed by atoms with Gasteiger partial charge in [0.1, 0.15) is 5.01 Å². The Labute approximate surface area is 156 Å². The molecular formula is C18H12N4O2S2. The second kappa shape index (κ2) is 7.03. The van der Waals surface area contributed by atoms with Gasteiger partial charge in [-0.15, -0.1) is 22.7 Å². The van der Waals surface area contributed by atoms with Gasteiger partial charge in [-0.3, -0.25) is 25.4 Å². The lowest BCUT2D eigenvalue weighted by atomic mass is 10.3. The average molecular weight is 380 g/mol. The van der Waals surface area contributed by atoms with E-state index < -0.39 is 5.91 Å². The third-order valence-electron chi connectivity index (χ3n) is 3.57. The van der Waals surface area contributed by atoms with Gasteiger partial charge in [0.05, 0.1) is 20.0 Å². The van der Waals surface area contributed by atoms with Gasteiger partial charge in [0.25, 0.3) is 11.8 Å². The number of aromatic nitrogens is 2. The molecule has 0 aliphatic carbocycles. The van der Waals surface area contributed by atoms with Crippen LogP contribution in [0.4, 0.5) is 0 Å².